The van der Waals surface area contributed by atoms with Crippen LogP contribution in [0.3, 0.4) is 0 Å². The van der Waals surface area contributed by atoms with E-state index in [1.165, 1.54) is 7.11 Å². The van der Waals surface area contributed by atoms with E-state index in [0.717, 1.165) is 0 Å². The van der Waals surface area contributed by atoms with Crippen molar-refractivity contribution in [3.8, 4) is 6.01 Å². The fourth-order valence-electron chi connectivity index (χ4n) is 1.32. The molecule has 0 atom stereocenters. The molecule has 2 heterocycles. The monoisotopic (exact) mass is 266 g/mol. The summed E-state index contributed by atoms with van der Waals surface area (Å²) in [6.07, 6.45) is 0.580. The molecule has 0 aliphatic rings. The van der Waals surface area contributed by atoms with Crippen LogP contribution in [-0.4, -0.2) is 38.7 Å². The summed E-state index contributed by atoms with van der Waals surface area (Å²) in [6, 6.07) is 0.167. The first-order chi connectivity index (χ1) is 9.21. The van der Waals surface area contributed by atoms with Crippen molar-refractivity contribution in [2.24, 2.45) is 5.84 Å². The standard InChI is InChI=1S/C9H14N8O2/c1-5-12-6(17-19-5)3-4-11-7-13-8(16-10)15-9(14-7)18-2/h3-4,10H2,1-2H3,(H2,11,13,14,15,16). The van der Waals surface area contributed by atoms with Crippen LogP contribution < -0.4 is 21.3 Å². The summed E-state index contributed by atoms with van der Waals surface area (Å²) in [5, 5.41) is 6.77. The smallest absolute Gasteiger partial charge is 0.322 e. The number of ether oxygens (including phenoxy) is 1. The predicted octanol–water partition coefficient (Wildman–Crippen LogP) is -0.488. The third-order valence-electron chi connectivity index (χ3n) is 2.13. The summed E-state index contributed by atoms with van der Waals surface area (Å²) in [5.41, 5.74) is 2.33. The minimum absolute atomic E-state index is 0.167. The highest BCUT2D eigenvalue weighted by atomic mass is 16.5. The number of aryl methyl sites for hydroxylation is 1. The lowest BCUT2D eigenvalue weighted by Crippen LogP contribution is -2.15. The Morgan fingerprint density at radius 3 is 2.63 bits per heavy atom. The molecule has 2 aromatic rings. The first-order valence-corrected chi connectivity index (χ1v) is 5.51. The lowest BCUT2D eigenvalue weighted by Gasteiger charge is -2.06. The van der Waals surface area contributed by atoms with Crippen molar-refractivity contribution in [1.82, 2.24) is 25.1 Å². The zero-order chi connectivity index (χ0) is 13.7. The van der Waals surface area contributed by atoms with Gasteiger partial charge in [0.1, 0.15) is 0 Å². The molecular formula is C9H14N8O2. The second-order valence-corrected chi connectivity index (χ2v) is 3.52. The Labute approximate surface area is 108 Å². The van der Waals surface area contributed by atoms with E-state index in [2.05, 4.69) is 35.8 Å². The highest BCUT2D eigenvalue weighted by Crippen LogP contribution is 2.09. The van der Waals surface area contributed by atoms with Crippen molar-refractivity contribution in [2.75, 3.05) is 24.4 Å². The Bertz CT molecular complexity index is 521. The Kier molecular flexibility index (Phi) is 4.03. The summed E-state index contributed by atoms with van der Waals surface area (Å²) < 4.78 is 9.79. The molecule has 19 heavy (non-hydrogen) atoms. The highest BCUT2D eigenvalue weighted by molar-refractivity contribution is 5.34. The van der Waals surface area contributed by atoms with E-state index in [9.17, 15) is 0 Å². The average Bonchev–Trinajstić information content (AvgIpc) is 2.84. The molecule has 10 nitrogen and oxygen atoms in total. The van der Waals surface area contributed by atoms with Crippen molar-refractivity contribution in [3.63, 3.8) is 0 Å². The quantitative estimate of drug-likeness (QED) is 0.464. The fraction of sp³-hybridized carbons (Fsp3) is 0.444. The molecule has 0 saturated heterocycles. The molecule has 0 radical (unpaired) electrons. The molecule has 0 fully saturated rings. The van der Waals surface area contributed by atoms with E-state index >= 15 is 0 Å². The molecular weight excluding hydrogens is 252 g/mol. The van der Waals surface area contributed by atoms with Crippen LogP contribution in [0, 0.1) is 6.92 Å². The number of rotatable bonds is 6. The van der Waals surface area contributed by atoms with E-state index in [1.54, 1.807) is 6.92 Å². The third-order valence-corrected chi connectivity index (χ3v) is 2.13. The van der Waals surface area contributed by atoms with Gasteiger partial charge in [0.05, 0.1) is 7.11 Å². The van der Waals surface area contributed by atoms with Gasteiger partial charge in [0.2, 0.25) is 17.8 Å². The molecule has 0 bridgehead atoms. The lowest BCUT2D eigenvalue weighted by atomic mass is 10.4. The SMILES string of the molecule is COc1nc(NN)nc(NCCc2noc(C)n2)n1. The number of hydrogen-bond acceptors (Lipinski definition) is 10. The maximum atomic E-state index is 5.25. The van der Waals surface area contributed by atoms with Crippen LogP contribution in [0.15, 0.2) is 4.52 Å². The zero-order valence-electron chi connectivity index (χ0n) is 10.5. The number of methoxy groups -OCH3 is 1. The molecule has 102 valence electrons. The second-order valence-electron chi connectivity index (χ2n) is 3.52. The van der Waals surface area contributed by atoms with Gasteiger partial charge >= 0.3 is 6.01 Å². The van der Waals surface area contributed by atoms with Gasteiger partial charge < -0.3 is 14.6 Å². The summed E-state index contributed by atoms with van der Waals surface area (Å²) in [6.45, 7) is 2.27. The molecule has 0 unspecified atom stereocenters. The minimum atomic E-state index is 0.167. The molecule has 0 aliphatic heterocycles. The molecule has 0 saturated carbocycles. The average molecular weight is 266 g/mol. The normalized spacial score (nSPS) is 10.3. The Balaban J connectivity index is 1.95. The lowest BCUT2D eigenvalue weighted by molar-refractivity contribution is 0.379. The van der Waals surface area contributed by atoms with E-state index in [0.29, 0.717) is 30.6 Å². The molecule has 10 heteroatoms. The Morgan fingerprint density at radius 2 is 2.00 bits per heavy atom. The number of hydrazine groups is 1. The van der Waals surface area contributed by atoms with Crippen molar-refractivity contribution in [1.29, 1.82) is 0 Å². The number of nitrogens with zero attached hydrogens (tertiary/aromatic N) is 5. The number of hydrogen-bond donors (Lipinski definition) is 3. The number of nitrogens with one attached hydrogen (secondary N) is 2. The maximum absolute atomic E-state index is 5.25. The van der Waals surface area contributed by atoms with Gasteiger partial charge in [-0.05, 0) is 0 Å². The first kappa shape index (κ1) is 13.0. The predicted molar refractivity (Wildman–Crippen MR) is 65.4 cm³/mol. The topological polar surface area (TPSA) is 137 Å². The van der Waals surface area contributed by atoms with Crippen LogP contribution in [0.5, 0.6) is 6.01 Å². The van der Waals surface area contributed by atoms with Gasteiger partial charge in [0.25, 0.3) is 0 Å². The van der Waals surface area contributed by atoms with E-state index in [1.807, 2.05) is 0 Å². The van der Waals surface area contributed by atoms with Crippen molar-refractivity contribution >= 4 is 11.9 Å². The second kappa shape index (κ2) is 5.91. The number of nitrogen functional groups attached to an aromatic ring is 1. The maximum Gasteiger partial charge on any atom is 0.322 e. The van der Waals surface area contributed by atoms with Gasteiger partial charge in [0.15, 0.2) is 5.82 Å². The summed E-state index contributed by atoms with van der Waals surface area (Å²) in [5.74, 6) is 6.95. The van der Waals surface area contributed by atoms with Crippen LogP contribution in [0.1, 0.15) is 11.7 Å². The van der Waals surface area contributed by atoms with E-state index < -0.39 is 0 Å². The van der Waals surface area contributed by atoms with Crippen LogP contribution in [0.25, 0.3) is 0 Å². The molecule has 2 aromatic heterocycles. The molecule has 0 amide bonds. The molecule has 0 aliphatic carbocycles. The van der Waals surface area contributed by atoms with Gasteiger partial charge in [-0.1, -0.05) is 5.16 Å². The Hall–Kier alpha value is -2.49. The van der Waals surface area contributed by atoms with E-state index in [4.69, 9.17) is 15.1 Å². The van der Waals surface area contributed by atoms with Crippen LogP contribution in [-0.2, 0) is 6.42 Å². The number of anilines is 2. The number of nitrogens with two attached hydrogens (primary N) is 1. The number of aromatic nitrogens is 5. The van der Waals surface area contributed by atoms with Gasteiger partial charge in [-0.2, -0.15) is 19.9 Å². The van der Waals surface area contributed by atoms with Crippen molar-refractivity contribution in [3.05, 3.63) is 11.7 Å². The largest absolute Gasteiger partial charge is 0.467 e. The third kappa shape index (κ3) is 3.48. The van der Waals surface area contributed by atoms with E-state index in [-0.39, 0.29) is 12.0 Å². The minimum Gasteiger partial charge on any atom is -0.467 e. The molecule has 0 spiro atoms. The van der Waals surface area contributed by atoms with Crippen LogP contribution in [0.2, 0.25) is 0 Å². The summed E-state index contributed by atoms with van der Waals surface area (Å²) in [4.78, 5) is 16.0. The van der Waals surface area contributed by atoms with Crippen molar-refractivity contribution in [2.45, 2.75) is 13.3 Å². The van der Waals surface area contributed by atoms with Crippen LogP contribution >= 0.6 is 0 Å². The Morgan fingerprint density at radius 1 is 1.21 bits per heavy atom. The zero-order valence-corrected chi connectivity index (χ0v) is 10.5. The van der Waals surface area contributed by atoms with Gasteiger partial charge in [0, 0.05) is 19.9 Å². The molecule has 0 aromatic carbocycles. The summed E-state index contributed by atoms with van der Waals surface area (Å²) in [7, 11) is 1.46. The fourth-order valence-corrected chi connectivity index (χ4v) is 1.32. The van der Waals surface area contributed by atoms with Gasteiger partial charge in [-0.15, -0.1) is 0 Å². The highest BCUT2D eigenvalue weighted by Gasteiger charge is 2.06. The van der Waals surface area contributed by atoms with Crippen molar-refractivity contribution < 1.29 is 9.26 Å². The summed E-state index contributed by atoms with van der Waals surface area (Å²) >= 11 is 0. The molecule has 2 rings (SSSR count). The first-order valence-electron chi connectivity index (χ1n) is 5.51. The van der Waals surface area contributed by atoms with Crippen LogP contribution in [0.4, 0.5) is 11.9 Å². The van der Waals surface area contributed by atoms with Gasteiger partial charge in [-0.25, -0.2) is 5.84 Å². The van der Waals surface area contributed by atoms with Gasteiger partial charge in [-0.3, -0.25) is 5.43 Å². The molecule has 4 N–H and O–H groups in total.